The molecule has 1 saturated carbocycles. The van der Waals surface area contributed by atoms with Gasteiger partial charge in [-0.15, -0.1) is 0 Å². The number of benzene rings is 1. The average Bonchev–Trinajstić information content (AvgIpc) is 3.58. The molecule has 16 nitrogen and oxygen atoms in total. The zero-order valence-corrected chi connectivity index (χ0v) is 33.3. The highest BCUT2D eigenvalue weighted by Gasteiger charge is 2.66. The lowest BCUT2D eigenvalue weighted by Crippen LogP contribution is -2.49. The Bertz CT molecular complexity index is 1950. The van der Waals surface area contributed by atoms with E-state index in [0.717, 1.165) is 5.56 Å². The molecule has 2 fully saturated rings. The van der Waals surface area contributed by atoms with E-state index in [0.29, 0.717) is 24.1 Å². The van der Waals surface area contributed by atoms with Crippen LogP contribution in [0.5, 0.6) is 5.75 Å². The molecule has 294 valence electrons. The normalized spacial score (nSPS) is 25.8. The second kappa shape index (κ2) is 15.0. The number of nitrogens with two attached hydrogens (primary N) is 1. The fourth-order valence-electron chi connectivity index (χ4n) is 6.93. The maximum Gasteiger partial charge on any atom is 0.459 e. The highest BCUT2D eigenvalue weighted by Crippen LogP contribution is 2.52. The van der Waals surface area contributed by atoms with Gasteiger partial charge in [-0.25, -0.2) is 14.1 Å². The standard InChI is InChI=1S/C37H51N6O10P/c1-22(33(46)51-27-17-35(7,8)18-27)42-54(47,52-26-13-11-25(12-14-26)34(4,5)6)48-20-36(9)30(49-23(2)44)31(50-24(3)45)37(53-36,19-39-10)29-16-15-28-32(38)40-21-41-43(28)29/h11-16,19,21-22,27,30-31H,17-18,20H2,1-10H3,(H,42,47)(H2,38,40,41)/b39-19-/t22-,30-,31+,36?,37-,54?/m0/s1. The Kier molecular flexibility index (Phi) is 11.4. The van der Waals surface area contributed by atoms with Crippen LogP contribution in [-0.4, -0.2) is 82.3 Å². The molecule has 17 heteroatoms. The summed E-state index contributed by atoms with van der Waals surface area (Å²) in [4.78, 5) is 46.9. The molecular weight excluding hydrogens is 719 g/mol. The van der Waals surface area contributed by atoms with Gasteiger partial charge < -0.3 is 29.2 Å². The van der Waals surface area contributed by atoms with E-state index < -0.39 is 61.7 Å². The number of nitrogens with zero attached hydrogens (tertiary/aromatic N) is 4. The molecule has 3 N–H and O–H groups in total. The zero-order chi connectivity index (χ0) is 39.9. The first kappa shape index (κ1) is 40.8. The van der Waals surface area contributed by atoms with Crippen molar-refractivity contribution in [3.05, 3.63) is 54.0 Å². The molecule has 5 rings (SSSR count). The van der Waals surface area contributed by atoms with Gasteiger partial charge in [0.2, 0.25) is 0 Å². The van der Waals surface area contributed by atoms with E-state index in [2.05, 4.69) is 54.8 Å². The molecule has 0 spiro atoms. The topological polar surface area (TPSA) is 204 Å². The number of rotatable bonds is 13. The van der Waals surface area contributed by atoms with Gasteiger partial charge in [0.05, 0.1) is 12.3 Å². The number of nitrogen functional groups attached to an aromatic ring is 1. The number of nitrogens with one attached hydrogen (secondary N) is 1. The van der Waals surface area contributed by atoms with Crippen LogP contribution in [0.4, 0.5) is 5.82 Å². The number of esters is 3. The summed E-state index contributed by atoms with van der Waals surface area (Å²) in [5, 5.41) is 7.08. The van der Waals surface area contributed by atoms with Crippen LogP contribution in [0.25, 0.3) is 5.52 Å². The Balaban J connectivity index is 1.53. The first-order chi connectivity index (χ1) is 25.1. The van der Waals surface area contributed by atoms with Crippen LogP contribution >= 0.6 is 7.75 Å². The number of aliphatic imine (C=N–C) groups is 1. The second-order valence-corrected chi connectivity index (χ2v) is 17.6. The summed E-state index contributed by atoms with van der Waals surface area (Å²) in [6, 6.07) is 9.15. The molecule has 54 heavy (non-hydrogen) atoms. The van der Waals surface area contributed by atoms with E-state index in [1.54, 1.807) is 31.2 Å². The average molecular weight is 771 g/mol. The van der Waals surface area contributed by atoms with Crippen LogP contribution in [0, 0.1) is 5.41 Å². The number of carbonyl (C=O) groups is 3. The van der Waals surface area contributed by atoms with E-state index in [1.807, 2.05) is 12.1 Å². The minimum absolute atomic E-state index is 0.0615. The van der Waals surface area contributed by atoms with Crippen molar-refractivity contribution in [2.24, 2.45) is 10.4 Å². The fourth-order valence-corrected chi connectivity index (χ4v) is 8.51. The van der Waals surface area contributed by atoms with Gasteiger partial charge >= 0.3 is 25.7 Å². The Morgan fingerprint density at radius 3 is 2.26 bits per heavy atom. The van der Waals surface area contributed by atoms with Crippen molar-refractivity contribution in [1.29, 1.82) is 0 Å². The summed E-state index contributed by atoms with van der Waals surface area (Å²) < 4.78 is 52.6. The Labute approximate surface area is 315 Å². The number of aromatic nitrogens is 3. The molecule has 1 saturated heterocycles. The highest BCUT2D eigenvalue weighted by molar-refractivity contribution is 7.52. The van der Waals surface area contributed by atoms with E-state index in [9.17, 15) is 18.9 Å². The van der Waals surface area contributed by atoms with Crippen molar-refractivity contribution in [3.63, 3.8) is 0 Å². The minimum atomic E-state index is -4.49. The van der Waals surface area contributed by atoms with Crippen molar-refractivity contribution in [2.75, 3.05) is 19.4 Å². The Morgan fingerprint density at radius 2 is 1.69 bits per heavy atom. The lowest BCUT2D eigenvalue weighted by Gasteiger charge is -2.42. The summed E-state index contributed by atoms with van der Waals surface area (Å²) in [6.07, 6.45) is 1.03. The minimum Gasteiger partial charge on any atom is -0.461 e. The number of carbonyl (C=O) groups excluding carboxylic acids is 3. The number of anilines is 1. The first-order valence-corrected chi connectivity index (χ1v) is 19.2. The summed E-state index contributed by atoms with van der Waals surface area (Å²) in [6.45, 7) is 15.2. The number of hydrogen-bond donors (Lipinski definition) is 2. The first-order valence-electron chi connectivity index (χ1n) is 17.7. The van der Waals surface area contributed by atoms with Crippen LogP contribution < -0.4 is 15.3 Å². The summed E-state index contributed by atoms with van der Waals surface area (Å²) in [5.41, 5.74) is 4.28. The molecular formula is C37H51N6O10P. The van der Waals surface area contributed by atoms with Gasteiger partial charge in [0.15, 0.2) is 23.6 Å². The lowest BCUT2D eigenvalue weighted by atomic mass is 9.70. The predicted molar refractivity (Wildman–Crippen MR) is 199 cm³/mol. The largest absolute Gasteiger partial charge is 0.461 e. The monoisotopic (exact) mass is 770 g/mol. The molecule has 1 aromatic carbocycles. The van der Waals surface area contributed by atoms with E-state index in [4.69, 9.17) is 33.7 Å². The van der Waals surface area contributed by atoms with Gasteiger partial charge in [0.25, 0.3) is 0 Å². The quantitative estimate of drug-likeness (QED) is 0.101. The number of fused-ring (bicyclic) bond motifs is 1. The van der Waals surface area contributed by atoms with Crippen LogP contribution in [0.1, 0.15) is 86.4 Å². The molecule has 2 aromatic heterocycles. The smallest absolute Gasteiger partial charge is 0.459 e. The van der Waals surface area contributed by atoms with Gasteiger partial charge in [-0.1, -0.05) is 46.8 Å². The van der Waals surface area contributed by atoms with Gasteiger partial charge in [-0.05, 0) is 67.3 Å². The van der Waals surface area contributed by atoms with Gasteiger partial charge in [0, 0.05) is 27.1 Å². The summed E-state index contributed by atoms with van der Waals surface area (Å²) in [7, 11) is -3.00. The van der Waals surface area contributed by atoms with Crippen LogP contribution in [0.3, 0.4) is 0 Å². The fraction of sp³-hybridized carbons (Fsp3) is 0.568. The summed E-state index contributed by atoms with van der Waals surface area (Å²) in [5.74, 6) is -1.72. The molecule has 2 unspecified atom stereocenters. The molecule has 0 radical (unpaired) electrons. The van der Waals surface area contributed by atoms with E-state index in [-0.39, 0.29) is 28.5 Å². The third-order valence-corrected chi connectivity index (χ3v) is 11.1. The van der Waals surface area contributed by atoms with Crippen molar-refractivity contribution in [2.45, 2.75) is 116 Å². The number of ether oxygens (including phenoxy) is 4. The summed E-state index contributed by atoms with van der Waals surface area (Å²) >= 11 is 0. The maximum atomic E-state index is 14.8. The van der Waals surface area contributed by atoms with Crippen molar-refractivity contribution >= 4 is 43.2 Å². The lowest BCUT2D eigenvalue weighted by molar-refractivity contribution is -0.169. The van der Waals surface area contributed by atoms with Gasteiger partial charge in [-0.3, -0.25) is 23.9 Å². The third kappa shape index (κ3) is 8.62. The van der Waals surface area contributed by atoms with Gasteiger partial charge in [0.1, 0.15) is 35.3 Å². The van der Waals surface area contributed by atoms with Crippen LogP contribution in [0.15, 0.2) is 47.7 Å². The van der Waals surface area contributed by atoms with Crippen molar-refractivity contribution < 1.29 is 46.9 Å². The maximum absolute atomic E-state index is 14.8. The molecule has 2 aliphatic rings. The third-order valence-electron chi connectivity index (χ3n) is 9.51. The molecule has 3 aromatic rings. The molecule has 1 aliphatic carbocycles. The number of hydrogen-bond acceptors (Lipinski definition) is 14. The molecule has 0 amide bonds. The van der Waals surface area contributed by atoms with Crippen LogP contribution in [0.2, 0.25) is 0 Å². The molecule has 3 heterocycles. The molecule has 1 aliphatic heterocycles. The van der Waals surface area contributed by atoms with Gasteiger partial charge in [-0.2, -0.15) is 10.2 Å². The van der Waals surface area contributed by atoms with Crippen molar-refractivity contribution in [3.8, 4) is 5.75 Å². The molecule has 0 bridgehead atoms. The molecule has 6 atom stereocenters. The van der Waals surface area contributed by atoms with E-state index >= 15 is 0 Å². The zero-order valence-electron chi connectivity index (χ0n) is 32.4. The van der Waals surface area contributed by atoms with Crippen LogP contribution in [-0.2, 0) is 53.4 Å². The Hall–Kier alpha value is -4.37. The predicted octanol–water partition coefficient (Wildman–Crippen LogP) is 5.07. The Morgan fingerprint density at radius 1 is 1.06 bits per heavy atom. The second-order valence-electron chi connectivity index (χ2n) is 15.9. The van der Waals surface area contributed by atoms with Crippen molar-refractivity contribution in [1.82, 2.24) is 19.7 Å². The highest BCUT2D eigenvalue weighted by atomic mass is 31.2. The van der Waals surface area contributed by atoms with E-state index in [1.165, 1.54) is 44.9 Å². The SMILES string of the molecule is C/N=C\[C@@]1(c2ccc3c(N)ncnn23)OC(C)(COP(=O)(N[C@@H](C)C(=O)OC2CC(C)(C)C2)Oc2ccc(C(C)(C)C)cc2)[C@@H](OC(C)=O)[C@H]1OC(C)=O.